The zero-order valence-electron chi connectivity index (χ0n) is 9.66. The molecule has 3 rings (SSSR count). The summed E-state index contributed by atoms with van der Waals surface area (Å²) in [6, 6.07) is 4.06. The van der Waals surface area contributed by atoms with Crippen LogP contribution in [0.3, 0.4) is 0 Å². The van der Waals surface area contributed by atoms with Crippen LogP contribution in [0.4, 0.5) is 0 Å². The third kappa shape index (κ3) is 1.57. The highest BCUT2D eigenvalue weighted by Crippen LogP contribution is 2.53. The molecule has 1 heterocycles. The second kappa shape index (κ2) is 3.69. The van der Waals surface area contributed by atoms with Gasteiger partial charge in [-0.25, -0.2) is 4.79 Å². The van der Waals surface area contributed by atoms with Crippen molar-refractivity contribution in [2.24, 2.45) is 4.99 Å². The molecule has 1 aliphatic heterocycles. The van der Waals surface area contributed by atoms with Crippen molar-refractivity contribution >= 4 is 6.08 Å². The van der Waals surface area contributed by atoms with Gasteiger partial charge in [0.25, 0.3) is 0 Å². The Bertz CT molecular complexity index is 514. The first-order valence-electron chi connectivity index (χ1n) is 5.66. The van der Waals surface area contributed by atoms with Crippen molar-refractivity contribution in [2.75, 3.05) is 7.11 Å². The Balaban J connectivity index is 2.12. The number of isocyanates is 1. The summed E-state index contributed by atoms with van der Waals surface area (Å²) in [5.74, 6) is 0.797. The van der Waals surface area contributed by atoms with Crippen molar-refractivity contribution in [1.29, 1.82) is 0 Å². The van der Waals surface area contributed by atoms with E-state index in [0.717, 1.165) is 29.7 Å². The number of ether oxygens (including phenoxy) is 2. The summed E-state index contributed by atoms with van der Waals surface area (Å²) in [4.78, 5) is 14.5. The molecule has 0 atom stereocenters. The van der Waals surface area contributed by atoms with Crippen molar-refractivity contribution in [2.45, 2.75) is 31.6 Å². The van der Waals surface area contributed by atoms with Gasteiger partial charge in [0.15, 0.2) is 0 Å². The first-order chi connectivity index (χ1) is 8.29. The summed E-state index contributed by atoms with van der Waals surface area (Å²) in [5.41, 5.74) is 2.95. The Morgan fingerprint density at radius 2 is 2.06 bits per heavy atom. The summed E-state index contributed by atoms with van der Waals surface area (Å²) in [6.45, 7) is 1.27. The van der Waals surface area contributed by atoms with Crippen LogP contribution in [0.2, 0.25) is 0 Å². The average molecular weight is 231 g/mol. The molecule has 1 aliphatic carbocycles. The lowest BCUT2D eigenvalue weighted by atomic mass is 9.98. The van der Waals surface area contributed by atoms with Crippen molar-refractivity contribution < 1.29 is 14.3 Å². The lowest BCUT2D eigenvalue weighted by Gasteiger charge is -2.15. The maximum absolute atomic E-state index is 10.5. The van der Waals surface area contributed by atoms with Gasteiger partial charge in [-0.1, -0.05) is 0 Å². The number of methoxy groups -OCH3 is 1. The molecule has 1 aromatic rings. The van der Waals surface area contributed by atoms with Gasteiger partial charge in [-0.2, -0.15) is 4.99 Å². The number of aliphatic imine (C=N–C) groups is 1. The van der Waals surface area contributed by atoms with Crippen molar-refractivity contribution in [3.8, 4) is 5.75 Å². The van der Waals surface area contributed by atoms with E-state index in [9.17, 15) is 4.79 Å². The summed E-state index contributed by atoms with van der Waals surface area (Å²) in [6.07, 6.45) is 3.45. The van der Waals surface area contributed by atoms with E-state index in [0.29, 0.717) is 13.2 Å². The van der Waals surface area contributed by atoms with E-state index in [4.69, 9.17) is 9.47 Å². The SMILES string of the molecule is COc1cc2c(cc1C1(N=C=O)CC1)COC2. The minimum atomic E-state index is -0.384. The Morgan fingerprint density at radius 1 is 1.35 bits per heavy atom. The Hall–Kier alpha value is -1.64. The maximum atomic E-state index is 10.5. The van der Waals surface area contributed by atoms with E-state index in [-0.39, 0.29) is 5.54 Å². The van der Waals surface area contributed by atoms with Crippen LogP contribution in [0.5, 0.6) is 5.75 Å². The quantitative estimate of drug-likeness (QED) is 0.591. The summed E-state index contributed by atoms with van der Waals surface area (Å²) in [7, 11) is 1.64. The molecule has 0 amide bonds. The molecule has 4 nitrogen and oxygen atoms in total. The monoisotopic (exact) mass is 231 g/mol. The molecule has 17 heavy (non-hydrogen) atoms. The van der Waals surface area contributed by atoms with Gasteiger partial charge in [0, 0.05) is 5.56 Å². The van der Waals surface area contributed by atoms with Gasteiger partial charge < -0.3 is 9.47 Å². The van der Waals surface area contributed by atoms with Crippen LogP contribution in [-0.4, -0.2) is 13.2 Å². The number of carbonyl (C=O) groups excluding carboxylic acids is 1. The van der Waals surface area contributed by atoms with Gasteiger partial charge in [-0.15, -0.1) is 0 Å². The molecule has 0 bridgehead atoms. The first kappa shape index (κ1) is 10.5. The van der Waals surface area contributed by atoms with Crippen LogP contribution in [0.15, 0.2) is 17.1 Å². The second-order valence-electron chi connectivity index (χ2n) is 4.55. The molecule has 0 aromatic heterocycles. The highest BCUT2D eigenvalue weighted by molar-refractivity contribution is 5.51. The lowest BCUT2D eigenvalue weighted by Crippen LogP contribution is -2.06. The fourth-order valence-electron chi connectivity index (χ4n) is 2.39. The standard InChI is InChI=1S/C13H13NO3/c1-16-12-5-10-7-17-6-9(10)4-11(12)13(2-3-13)14-8-15/h4-5H,2-3,6-7H2,1H3. The van der Waals surface area contributed by atoms with E-state index >= 15 is 0 Å². The number of rotatable bonds is 3. The zero-order chi connectivity index (χ0) is 11.9. The van der Waals surface area contributed by atoms with Crippen LogP contribution in [0.1, 0.15) is 29.5 Å². The van der Waals surface area contributed by atoms with Crippen molar-refractivity contribution in [3.63, 3.8) is 0 Å². The minimum Gasteiger partial charge on any atom is -0.496 e. The van der Waals surface area contributed by atoms with E-state index in [1.807, 2.05) is 6.07 Å². The van der Waals surface area contributed by atoms with Gasteiger partial charge in [-0.05, 0) is 36.1 Å². The third-order valence-corrected chi connectivity index (χ3v) is 3.52. The van der Waals surface area contributed by atoms with Crippen molar-refractivity contribution in [1.82, 2.24) is 0 Å². The molecule has 88 valence electrons. The Labute approximate surface area is 99.3 Å². The fraction of sp³-hybridized carbons (Fsp3) is 0.462. The summed E-state index contributed by atoms with van der Waals surface area (Å²) < 4.78 is 10.8. The fourth-order valence-corrected chi connectivity index (χ4v) is 2.39. The predicted octanol–water partition coefficient (Wildman–Crippen LogP) is 2.05. The average Bonchev–Trinajstić information content (AvgIpc) is 2.98. The lowest BCUT2D eigenvalue weighted by molar-refractivity contribution is 0.134. The number of benzene rings is 1. The topological polar surface area (TPSA) is 47.9 Å². The van der Waals surface area contributed by atoms with E-state index in [1.54, 1.807) is 13.2 Å². The molecule has 0 N–H and O–H groups in total. The van der Waals surface area contributed by atoms with Crippen LogP contribution in [0, 0.1) is 0 Å². The highest BCUT2D eigenvalue weighted by atomic mass is 16.5. The zero-order valence-corrected chi connectivity index (χ0v) is 9.66. The molecule has 0 spiro atoms. The van der Waals surface area contributed by atoms with Crippen LogP contribution in [-0.2, 0) is 28.3 Å². The number of fused-ring (bicyclic) bond motifs is 1. The number of nitrogens with zero attached hydrogens (tertiary/aromatic N) is 1. The van der Waals surface area contributed by atoms with Gasteiger partial charge >= 0.3 is 0 Å². The molecule has 0 unspecified atom stereocenters. The van der Waals surface area contributed by atoms with E-state index in [2.05, 4.69) is 11.1 Å². The molecule has 1 saturated carbocycles. The van der Waals surface area contributed by atoms with Crippen LogP contribution >= 0.6 is 0 Å². The molecule has 2 aliphatic rings. The first-order valence-corrected chi connectivity index (χ1v) is 5.66. The summed E-state index contributed by atoms with van der Waals surface area (Å²) in [5, 5.41) is 0. The highest BCUT2D eigenvalue weighted by Gasteiger charge is 2.47. The van der Waals surface area contributed by atoms with Crippen LogP contribution in [0.25, 0.3) is 0 Å². The second-order valence-corrected chi connectivity index (χ2v) is 4.55. The molecule has 0 radical (unpaired) electrons. The molecule has 1 fully saturated rings. The van der Waals surface area contributed by atoms with Gasteiger partial charge in [0.05, 0.1) is 20.3 Å². The van der Waals surface area contributed by atoms with Gasteiger partial charge in [0.2, 0.25) is 6.08 Å². The largest absolute Gasteiger partial charge is 0.496 e. The van der Waals surface area contributed by atoms with E-state index in [1.165, 1.54) is 5.56 Å². The molecule has 1 aromatic carbocycles. The van der Waals surface area contributed by atoms with Gasteiger partial charge in [-0.3, -0.25) is 0 Å². The normalized spacial score (nSPS) is 19.4. The Morgan fingerprint density at radius 3 is 2.65 bits per heavy atom. The number of hydrogen-bond donors (Lipinski definition) is 0. The molecule has 4 heteroatoms. The summed E-state index contributed by atoms with van der Waals surface area (Å²) >= 11 is 0. The minimum absolute atomic E-state index is 0.384. The predicted molar refractivity (Wildman–Crippen MR) is 60.5 cm³/mol. The van der Waals surface area contributed by atoms with Crippen LogP contribution < -0.4 is 4.74 Å². The van der Waals surface area contributed by atoms with E-state index < -0.39 is 0 Å². The molecular formula is C13H13NO3. The third-order valence-electron chi connectivity index (χ3n) is 3.52. The smallest absolute Gasteiger partial charge is 0.235 e. The number of hydrogen-bond acceptors (Lipinski definition) is 4. The van der Waals surface area contributed by atoms with Gasteiger partial charge in [0.1, 0.15) is 11.3 Å². The molecule has 0 saturated heterocycles. The maximum Gasteiger partial charge on any atom is 0.235 e. The van der Waals surface area contributed by atoms with Crippen molar-refractivity contribution in [3.05, 3.63) is 28.8 Å². The Kier molecular flexibility index (Phi) is 2.28. The molecular weight excluding hydrogens is 218 g/mol.